The van der Waals surface area contributed by atoms with E-state index in [0.29, 0.717) is 11.9 Å². The molecule has 0 aliphatic heterocycles. The molecule has 214 valence electrons. The van der Waals surface area contributed by atoms with Crippen molar-refractivity contribution < 1.29 is 33.4 Å². The molecule has 0 atom stereocenters. The van der Waals surface area contributed by atoms with Gasteiger partial charge in [0.2, 0.25) is 0 Å². The van der Waals surface area contributed by atoms with Gasteiger partial charge >= 0.3 is 20.4 Å². The summed E-state index contributed by atoms with van der Waals surface area (Å²) in [6.07, 6.45) is 24.5. The molecular formula is C31H47NO3PPdS+. The van der Waals surface area contributed by atoms with Crippen LogP contribution in [-0.2, 0) is 30.5 Å². The summed E-state index contributed by atoms with van der Waals surface area (Å²) in [6, 6.07) is 18.4. The Balaban J connectivity index is 0.000000232. The molecule has 2 aromatic rings. The monoisotopic (exact) mass is 650 g/mol. The molecule has 0 heterocycles. The van der Waals surface area contributed by atoms with Gasteiger partial charge in [-0.25, -0.2) is 0 Å². The molecule has 0 unspecified atom stereocenters. The maximum Gasteiger partial charge on any atom is 2.00 e. The topological polar surface area (TPSA) is 78.2 Å². The van der Waals surface area contributed by atoms with E-state index < -0.39 is 10.1 Å². The fourth-order valence-electron chi connectivity index (χ4n) is 6.59. The molecule has 0 bridgehead atoms. The molecule has 2 N–H and O–H groups in total. The summed E-state index contributed by atoms with van der Waals surface area (Å²) in [5.74, 6) is 0. The van der Waals surface area contributed by atoms with Gasteiger partial charge in [0.25, 0.3) is 10.1 Å². The molecule has 3 aliphatic carbocycles. The van der Waals surface area contributed by atoms with Gasteiger partial charge in [0, 0.05) is 7.92 Å². The van der Waals surface area contributed by atoms with Gasteiger partial charge in [-0.1, -0.05) is 43.5 Å². The Kier molecular flexibility index (Phi) is 15.7. The molecular weight excluding hydrogens is 604 g/mol. The van der Waals surface area contributed by atoms with E-state index in [4.69, 9.17) is 10.3 Å². The predicted octanol–water partition coefficient (Wildman–Crippen LogP) is 9.54. The largest absolute Gasteiger partial charge is 2.00 e. The number of benzene rings is 2. The maximum absolute atomic E-state index is 9.19. The van der Waals surface area contributed by atoms with E-state index in [1.54, 1.807) is 102 Å². The summed E-state index contributed by atoms with van der Waals surface area (Å²) in [4.78, 5) is 0. The van der Waals surface area contributed by atoms with Crippen molar-refractivity contribution in [2.45, 2.75) is 113 Å². The Hall–Kier alpha value is -0.758. The SMILES string of the molecule is C1CCC([PH+](C2CCCCC2)C2CCCCC2)CC1.CS(=O)(=O)O.[NH-]c1ccccc1-c1[c-]cccc1.[Pd+2]. The van der Waals surface area contributed by atoms with Gasteiger partial charge in [-0.3, -0.25) is 4.55 Å². The second-order valence-corrected chi connectivity index (χ2v) is 16.0. The first-order chi connectivity index (χ1) is 17.8. The van der Waals surface area contributed by atoms with Crippen LogP contribution in [0.5, 0.6) is 0 Å². The third-order valence-corrected chi connectivity index (χ3v) is 12.7. The van der Waals surface area contributed by atoms with Crippen molar-refractivity contribution >= 4 is 23.7 Å². The zero-order valence-corrected chi connectivity index (χ0v) is 26.3. The molecule has 3 saturated carbocycles. The Bertz CT molecular complexity index is 952. The van der Waals surface area contributed by atoms with E-state index in [-0.39, 0.29) is 28.3 Å². The van der Waals surface area contributed by atoms with Crippen LogP contribution in [0.3, 0.4) is 0 Å². The molecule has 0 saturated heterocycles. The van der Waals surface area contributed by atoms with E-state index in [9.17, 15) is 8.42 Å². The molecule has 0 spiro atoms. The summed E-state index contributed by atoms with van der Waals surface area (Å²) < 4.78 is 25.9. The van der Waals surface area contributed by atoms with Crippen LogP contribution in [-0.4, -0.2) is 36.2 Å². The van der Waals surface area contributed by atoms with Crippen molar-refractivity contribution in [3.05, 3.63) is 60.3 Å². The Morgan fingerprint density at radius 1 is 0.737 bits per heavy atom. The van der Waals surface area contributed by atoms with Crippen molar-refractivity contribution in [1.29, 1.82) is 0 Å². The summed E-state index contributed by atoms with van der Waals surface area (Å²) >= 11 is 0. The van der Waals surface area contributed by atoms with E-state index in [1.165, 1.54) is 17.0 Å². The standard InChI is InChI=1S/C18H33P.C12H9N.CH4O3S.Pd/c1-4-10-16(11-5-1)19(17-12-6-2-7-13-17)18-14-8-3-9-15-18;13-12-9-5-4-8-11(12)10-6-2-1-3-7-10;1-5(2,3)4;/h16-18H,1-15H2;1-6,8-9,13H;1H3,(H,2,3,4);/q;-2;;+2/p+1. The van der Waals surface area contributed by atoms with Crippen LogP contribution in [0.4, 0.5) is 5.69 Å². The number of nitrogens with one attached hydrogen (secondary N) is 1. The van der Waals surface area contributed by atoms with Crippen LogP contribution >= 0.6 is 7.92 Å². The molecule has 38 heavy (non-hydrogen) atoms. The van der Waals surface area contributed by atoms with Crippen molar-refractivity contribution in [2.75, 3.05) is 6.26 Å². The van der Waals surface area contributed by atoms with Gasteiger partial charge in [0.1, 0.15) is 0 Å². The molecule has 0 amide bonds. The minimum Gasteiger partial charge on any atom is -0.706 e. The van der Waals surface area contributed by atoms with Gasteiger partial charge in [-0.05, 0) is 77.0 Å². The van der Waals surface area contributed by atoms with E-state index in [0.717, 1.165) is 11.1 Å². The number of hydrogen-bond acceptors (Lipinski definition) is 2. The summed E-state index contributed by atoms with van der Waals surface area (Å²) in [6.45, 7) is 0. The van der Waals surface area contributed by atoms with Crippen LogP contribution in [0.1, 0.15) is 96.3 Å². The summed E-state index contributed by atoms with van der Waals surface area (Å²) in [5, 5.41) is 0. The molecule has 0 aromatic heterocycles. The molecule has 5 rings (SSSR count). The zero-order chi connectivity index (χ0) is 26.5. The van der Waals surface area contributed by atoms with Crippen LogP contribution in [0.15, 0.2) is 48.5 Å². The van der Waals surface area contributed by atoms with Crippen molar-refractivity contribution in [1.82, 2.24) is 0 Å². The quantitative estimate of drug-likeness (QED) is 0.155. The van der Waals surface area contributed by atoms with Crippen LogP contribution < -0.4 is 0 Å². The predicted molar refractivity (Wildman–Crippen MR) is 161 cm³/mol. The minimum atomic E-state index is -3.67. The smallest absolute Gasteiger partial charge is 0.706 e. The average molecular weight is 651 g/mol. The summed E-state index contributed by atoms with van der Waals surface area (Å²) in [5.41, 5.74) is 13.8. The molecule has 3 aliphatic rings. The zero-order valence-electron chi connectivity index (χ0n) is 22.9. The third kappa shape index (κ3) is 12.2. The fraction of sp³-hybridized carbons (Fsp3) is 0.613. The van der Waals surface area contributed by atoms with Gasteiger partial charge in [0.05, 0.1) is 23.2 Å². The second kappa shape index (κ2) is 17.8. The van der Waals surface area contributed by atoms with Gasteiger partial charge in [-0.2, -0.15) is 14.1 Å². The number of rotatable bonds is 4. The van der Waals surface area contributed by atoms with Gasteiger partial charge < -0.3 is 5.73 Å². The summed E-state index contributed by atoms with van der Waals surface area (Å²) in [7, 11) is -3.71. The molecule has 4 nitrogen and oxygen atoms in total. The van der Waals surface area contributed by atoms with Crippen LogP contribution in [0.2, 0.25) is 0 Å². The van der Waals surface area contributed by atoms with Crippen LogP contribution in [0, 0.1) is 6.07 Å². The Morgan fingerprint density at radius 2 is 1.13 bits per heavy atom. The van der Waals surface area contributed by atoms with Gasteiger partial charge in [0.15, 0.2) is 0 Å². The normalized spacial score (nSPS) is 19.3. The van der Waals surface area contributed by atoms with E-state index in [2.05, 4.69) is 6.07 Å². The number of hydrogen-bond donors (Lipinski definition) is 1. The third-order valence-electron chi connectivity index (χ3n) is 8.16. The maximum atomic E-state index is 9.19. The van der Waals surface area contributed by atoms with Crippen molar-refractivity contribution in [3.63, 3.8) is 0 Å². The average Bonchev–Trinajstić information content (AvgIpc) is 2.91. The fourth-order valence-corrected chi connectivity index (χ4v) is 11.8. The first-order valence-electron chi connectivity index (χ1n) is 14.4. The molecule has 3 fully saturated rings. The second-order valence-electron chi connectivity index (χ2n) is 11.1. The first kappa shape index (κ1) is 33.4. The van der Waals surface area contributed by atoms with Gasteiger partial charge in [-0.15, -0.1) is 41.5 Å². The van der Waals surface area contributed by atoms with Crippen molar-refractivity contribution in [3.8, 4) is 11.1 Å². The molecule has 7 heteroatoms. The first-order valence-corrected chi connectivity index (χ1v) is 18.0. The van der Waals surface area contributed by atoms with Crippen LogP contribution in [0.25, 0.3) is 16.9 Å². The Morgan fingerprint density at radius 3 is 1.50 bits per heavy atom. The van der Waals surface area contributed by atoms with E-state index in [1.807, 2.05) is 42.5 Å². The van der Waals surface area contributed by atoms with Crippen molar-refractivity contribution in [2.24, 2.45) is 0 Å². The minimum absolute atomic E-state index is 0. The molecule has 0 radical (unpaired) electrons. The van der Waals surface area contributed by atoms with E-state index >= 15 is 0 Å². The Labute approximate surface area is 247 Å². The molecule has 2 aromatic carbocycles.